The highest BCUT2D eigenvalue weighted by molar-refractivity contribution is 5.79. The SMILES string of the molecule is Cc1noc(CNCCC(N)=NO)n1. The van der Waals surface area contributed by atoms with Crippen molar-refractivity contribution in [2.45, 2.75) is 19.9 Å². The first-order valence-corrected chi connectivity index (χ1v) is 4.18. The van der Waals surface area contributed by atoms with Crippen LogP contribution in [0, 0.1) is 6.92 Å². The lowest BCUT2D eigenvalue weighted by Crippen LogP contribution is -2.22. The zero-order chi connectivity index (χ0) is 10.4. The number of nitrogens with one attached hydrogen (secondary N) is 1. The zero-order valence-electron chi connectivity index (χ0n) is 7.90. The molecule has 0 aromatic carbocycles. The number of amidine groups is 1. The maximum Gasteiger partial charge on any atom is 0.240 e. The van der Waals surface area contributed by atoms with Gasteiger partial charge >= 0.3 is 0 Å². The second-order valence-corrected chi connectivity index (χ2v) is 2.75. The fourth-order valence-electron chi connectivity index (χ4n) is 0.874. The van der Waals surface area contributed by atoms with Crippen molar-refractivity contribution >= 4 is 5.84 Å². The van der Waals surface area contributed by atoms with E-state index >= 15 is 0 Å². The molecule has 0 amide bonds. The molecule has 0 aliphatic carbocycles. The van der Waals surface area contributed by atoms with Crippen molar-refractivity contribution in [1.82, 2.24) is 15.5 Å². The Morgan fingerprint density at radius 3 is 3.07 bits per heavy atom. The summed E-state index contributed by atoms with van der Waals surface area (Å²) in [7, 11) is 0. The quantitative estimate of drug-likeness (QED) is 0.196. The Kier molecular flexibility index (Phi) is 3.86. The summed E-state index contributed by atoms with van der Waals surface area (Å²) < 4.78 is 4.86. The lowest BCUT2D eigenvalue weighted by molar-refractivity contribution is 0.316. The molecule has 0 aliphatic rings. The summed E-state index contributed by atoms with van der Waals surface area (Å²) in [5.74, 6) is 1.33. The third kappa shape index (κ3) is 3.40. The molecular formula is C7H13N5O2. The van der Waals surface area contributed by atoms with E-state index in [2.05, 4.69) is 20.6 Å². The maximum atomic E-state index is 8.25. The summed E-state index contributed by atoms with van der Waals surface area (Å²) >= 11 is 0. The molecule has 0 atom stereocenters. The molecule has 0 saturated heterocycles. The molecule has 0 fully saturated rings. The molecule has 0 aliphatic heterocycles. The normalized spacial score (nSPS) is 11.9. The Hall–Kier alpha value is -1.63. The van der Waals surface area contributed by atoms with Crippen molar-refractivity contribution < 1.29 is 9.73 Å². The topological polar surface area (TPSA) is 110 Å². The number of nitrogens with zero attached hydrogens (tertiary/aromatic N) is 3. The van der Waals surface area contributed by atoms with Crippen molar-refractivity contribution in [2.75, 3.05) is 6.54 Å². The molecule has 7 heteroatoms. The molecule has 0 unspecified atom stereocenters. The molecule has 0 spiro atoms. The van der Waals surface area contributed by atoms with E-state index in [-0.39, 0.29) is 5.84 Å². The smallest absolute Gasteiger partial charge is 0.240 e. The van der Waals surface area contributed by atoms with Gasteiger partial charge < -0.3 is 20.8 Å². The van der Waals surface area contributed by atoms with Crippen LogP contribution in [0.5, 0.6) is 0 Å². The molecule has 0 bridgehead atoms. The fraction of sp³-hybridized carbons (Fsp3) is 0.571. The van der Waals surface area contributed by atoms with Gasteiger partial charge in [-0.3, -0.25) is 0 Å². The number of aromatic nitrogens is 2. The minimum atomic E-state index is 0.194. The Balaban J connectivity index is 2.16. The largest absolute Gasteiger partial charge is 0.409 e. The number of hydrogen-bond acceptors (Lipinski definition) is 6. The summed E-state index contributed by atoms with van der Waals surface area (Å²) in [5, 5.41) is 17.7. The second-order valence-electron chi connectivity index (χ2n) is 2.75. The van der Waals surface area contributed by atoms with Crippen LogP contribution in [0.3, 0.4) is 0 Å². The third-order valence-corrected chi connectivity index (χ3v) is 1.53. The predicted molar refractivity (Wildman–Crippen MR) is 48.8 cm³/mol. The maximum absolute atomic E-state index is 8.25. The van der Waals surface area contributed by atoms with Gasteiger partial charge in [0.2, 0.25) is 5.89 Å². The molecule has 1 aromatic rings. The van der Waals surface area contributed by atoms with Gasteiger partial charge in [0.15, 0.2) is 5.82 Å². The number of rotatable bonds is 5. The van der Waals surface area contributed by atoms with Crippen LogP contribution in [0.15, 0.2) is 9.68 Å². The van der Waals surface area contributed by atoms with E-state index in [9.17, 15) is 0 Å². The summed E-state index contributed by atoms with van der Waals surface area (Å²) in [4.78, 5) is 4.00. The summed E-state index contributed by atoms with van der Waals surface area (Å²) in [6, 6.07) is 0. The predicted octanol–water partition coefficient (Wildman–Crippen LogP) is -0.396. The van der Waals surface area contributed by atoms with Crippen LogP contribution in [-0.2, 0) is 6.54 Å². The van der Waals surface area contributed by atoms with Gasteiger partial charge in [0.1, 0.15) is 5.84 Å². The second kappa shape index (κ2) is 5.18. The highest BCUT2D eigenvalue weighted by atomic mass is 16.5. The first kappa shape index (κ1) is 10.5. The third-order valence-electron chi connectivity index (χ3n) is 1.53. The molecule has 4 N–H and O–H groups in total. The average Bonchev–Trinajstić information content (AvgIpc) is 2.58. The van der Waals surface area contributed by atoms with Crippen molar-refractivity contribution in [3.63, 3.8) is 0 Å². The lowest BCUT2D eigenvalue weighted by Gasteiger charge is -1.99. The molecule has 0 radical (unpaired) electrons. The van der Waals surface area contributed by atoms with Crippen molar-refractivity contribution in [3.05, 3.63) is 11.7 Å². The van der Waals surface area contributed by atoms with Crippen LogP contribution in [0.2, 0.25) is 0 Å². The molecule has 0 saturated carbocycles. The van der Waals surface area contributed by atoms with E-state index in [0.717, 1.165) is 0 Å². The van der Waals surface area contributed by atoms with Gasteiger partial charge in [-0.05, 0) is 6.92 Å². The van der Waals surface area contributed by atoms with Crippen LogP contribution >= 0.6 is 0 Å². The van der Waals surface area contributed by atoms with Gasteiger partial charge in [-0.15, -0.1) is 0 Å². The van der Waals surface area contributed by atoms with E-state index < -0.39 is 0 Å². The van der Waals surface area contributed by atoms with Crippen LogP contribution in [0.25, 0.3) is 0 Å². The van der Waals surface area contributed by atoms with Gasteiger partial charge in [0, 0.05) is 13.0 Å². The molecule has 78 valence electrons. The Morgan fingerprint density at radius 2 is 2.50 bits per heavy atom. The van der Waals surface area contributed by atoms with Crippen molar-refractivity contribution in [3.8, 4) is 0 Å². The first-order valence-electron chi connectivity index (χ1n) is 4.18. The fourth-order valence-corrected chi connectivity index (χ4v) is 0.874. The Morgan fingerprint density at radius 1 is 1.71 bits per heavy atom. The lowest BCUT2D eigenvalue weighted by atomic mass is 10.4. The highest BCUT2D eigenvalue weighted by Gasteiger charge is 2.01. The van der Waals surface area contributed by atoms with Crippen LogP contribution in [-0.4, -0.2) is 27.7 Å². The van der Waals surface area contributed by atoms with Crippen LogP contribution < -0.4 is 11.1 Å². The van der Waals surface area contributed by atoms with Gasteiger partial charge in [-0.2, -0.15) is 4.98 Å². The zero-order valence-corrected chi connectivity index (χ0v) is 7.90. The van der Waals surface area contributed by atoms with Crippen molar-refractivity contribution in [1.29, 1.82) is 0 Å². The van der Waals surface area contributed by atoms with Crippen molar-refractivity contribution in [2.24, 2.45) is 10.9 Å². The van der Waals surface area contributed by atoms with E-state index in [1.54, 1.807) is 6.92 Å². The van der Waals surface area contributed by atoms with Crippen LogP contribution in [0.1, 0.15) is 18.1 Å². The summed E-state index contributed by atoms with van der Waals surface area (Å²) in [6.07, 6.45) is 0.476. The molecular weight excluding hydrogens is 186 g/mol. The standard InChI is InChI=1S/C7H13N5O2/c1-5-10-7(14-12-5)4-9-3-2-6(8)11-13/h9,13H,2-4H2,1H3,(H2,8,11). The molecule has 1 aromatic heterocycles. The first-order chi connectivity index (χ1) is 6.72. The van der Waals surface area contributed by atoms with Crippen LogP contribution in [0.4, 0.5) is 0 Å². The van der Waals surface area contributed by atoms with Gasteiger partial charge in [-0.25, -0.2) is 0 Å². The highest BCUT2D eigenvalue weighted by Crippen LogP contribution is 1.94. The van der Waals surface area contributed by atoms with E-state index in [1.165, 1.54) is 0 Å². The Bertz CT molecular complexity index is 309. The summed E-state index contributed by atoms with van der Waals surface area (Å²) in [6.45, 7) is 2.83. The number of aryl methyl sites for hydroxylation is 1. The minimum absolute atomic E-state index is 0.194. The Labute approximate surface area is 81.0 Å². The van der Waals surface area contributed by atoms with E-state index in [1.807, 2.05) is 0 Å². The molecule has 1 rings (SSSR count). The number of hydrogen-bond donors (Lipinski definition) is 3. The molecule has 1 heterocycles. The minimum Gasteiger partial charge on any atom is -0.409 e. The van der Waals surface area contributed by atoms with E-state index in [4.69, 9.17) is 15.5 Å². The molecule has 7 nitrogen and oxygen atoms in total. The van der Waals surface area contributed by atoms with Gasteiger partial charge in [0.25, 0.3) is 0 Å². The monoisotopic (exact) mass is 199 g/mol. The van der Waals surface area contributed by atoms with Gasteiger partial charge in [0.05, 0.1) is 6.54 Å². The van der Waals surface area contributed by atoms with E-state index in [0.29, 0.717) is 31.2 Å². The average molecular weight is 199 g/mol. The summed E-state index contributed by atoms with van der Waals surface area (Å²) in [5.41, 5.74) is 5.27. The van der Waals surface area contributed by atoms with Gasteiger partial charge in [-0.1, -0.05) is 10.3 Å². The molecule has 14 heavy (non-hydrogen) atoms. The number of oxime groups is 1. The number of nitrogens with two attached hydrogens (primary N) is 1.